The van der Waals surface area contributed by atoms with Gasteiger partial charge in [-0.05, 0) is 62.4 Å². The molecule has 0 spiro atoms. The Bertz CT molecular complexity index is 979. The van der Waals surface area contributed by atoms with Crippen LogP contribution in [0.1, 0.15) is 30.2 Å². The molecule has 1 heterocycles. The fourth-order valence-corrected chi connectivity index (χ4v) is 2.98. The van der Waals surface area contributed by atoms with Crippen LogP contribution >= 0.6 is 0 Å². The molecule has 0 unspecified atom stereocenters. The summed E-state index contributed by atoms with van der Waals surface area (Å²) in [5, 5.41) is 2.71. The minimum Gasteiger partial charge on any atom is -0.486 e. The quantitative estimate of drug-likeness (QED) is 0.485. The largest absolute Gasteiger partial charge is 0.486 e. The number of benzene rings is 2. The molecule has 1 amide bonds. The number of amides is 1. The summed E-state index contributed by atoms with van der Waals surface area (Å²) < 4.78 is 16.1. The molecule has 3 rings (SSSR count). The molecule has 0 fully saturated rings. The SMILES string of the molecule is CCN(CC)c1ccc(NC(=O)COC(=O)c2ccc(COc3ccccc3)o2)cc1. The molecular formula is C24H26N2O5. The molecule has 0 saturated carbocycles. The molecule has 1 aromatic heterocycles. The molecule has 0 aliphatic carbocycles. The lowest BCUT2D eigenvalue weighted by molar-refractivity contribution is -0.119. The maximum Gasteiger partial charge on any atom is 0.374 e. The second-order valence-electron chi connectivity index (χ2n) is 6.71. The Kier molecular flexibility index (Phi) is 7.70. The Morgan fingerprint density at radius 1 is 0.935 bits per heavy atom. The monoisotopic (exact) mass is 422 g/mol. The topological polar surface area (TPSA) is 81.0 Å². The highest BCUT2D eigenvalue weighted by Crippen LogP contribution is 2.18. The third kappa shape index (κ3) is 6.37. The highest BCUT2D eigenvalue weighted by Gasteiger charge is 2.15. The molecule has 0 saturated heterocycles. The van der Waals surface area contributed by atoms with Crippen LogP contribution in [-0.4, -0.2) is 31.6 Å². The first-order chi connectivity index (χ1) is 15.1. The molecule has 1 N–H and O–H groups in total. The molecule has 31 heavy (non-hydrogen) atoms. The van der Waals surface area contributed by atoms with Gasteiger partial charge < -0.3 is 24.1 Å². The van der Waals surface area contributed by atoms with Crippen molar-refractivity contribution in [3.8, 4) is 5.75 Å². The summed E-state index contributed by atoms with van der Waals surface area (Å²) in [6.07, 6.45) is 0. The van der Waals surface area contributed by atoms with E-state index >= 15 is 0 Å². The van der Waals surface area contributed by atoms with Crippen LogP contribution in [0, 0.1) is 0 Å². The number of esters is 1. The number of carbonyl (C=O) groups excluding carboxylic acids is 2. The van der Waals surface area contributed by atoms with Gasteiger partial charge >= 0.3 is 5.97 Å². The maximum absolute atomic E-state index is 12.1. The van der Waals surface area contributed by atoms with Crippen LogP contribution in [0.4, 0.5) is 11.4 Å². The normalized spacial score (nSPS) is 10.4. The predicted octanol–water partition coefficient (Wildman–Crippen LogP) is 4.50. The molecule has 0 aliphatic heterocycles. The Hall–Kier alpha value is -3.74. The van der Waals surface area contributed by atoms with Crippen molar-refractivity contribution in [3.63, 3.8) is 0 Å². The fourth-order valence-electron chi connectivity index (χ4n) is 2.98. The number of nitrogens with zero attached hydrogens (tertiary/aromatic N) is 1. The molecule has 0 atom stereocenters. The van der Waals surface area contributed by atoms with Gasteiger partial charge in [0, 0.05) is 24.5 Å². The third-order valence-corrected chi connectivity index (χ3v) is 4.60. The van der Waals surface area contributed by atoms with Crippen LogP contribution in [0.3, 0.4) is 0 Å². The van der Waals surface area contributed by atoms with E-state index in [4.69, 9.17) is 13.9 Å². The van der Waals surface area contributed by atoms with Gasteiger partial charge in [0.25, 0.3) is 5.91 Å². The van der Waals surface area contributed by atoms with Gasteiger partial charge in [0.1, 0.15) is 18.1 Å². The fraction of sp³-hybridized carbons (Fsp3) is 0.250. The number of hydrogen-bond donors (Lipinski definition) is 1. The number of para-hydroxylation sites is 1. The summed E-state index contributed by atoms with van der Waals surface area (Å²) in [5.74, 6) is 0.0579. The minimum atomic E-state index is -0.710. The van der Waals surface area contributed by atoms with Gasteiger partial charge in [-0.1, -0.05) is 18.2 Å². The van der Waals surface area contributed by atoms with Crippen LogP contribution in [-0.2, 0) is 16.1 Å². The van der Waals surface area contributed by atoms with Crippen molar-refractivity contribution in [1.82, 2.24) is 0 Å². The number of hydrogen-bond acceptors (Lipinski definition) is 6. The Labute approximate surface area is 181 Å². The zero-order valence-electron chi connectivity index (χ0n) is 17.7. The van der Waals surface area contributed by atoms with Crippen LogP contribution in [0.25, 0.3) is 0 Å². The molecular weight excluding hydrogens is 396 g/mol. The lowest BCUT2D eigenvalue weighted by Gasteiger charge is -2.21. The standard InChI is InChI=1S/C24H26N2O5/c1-3-26(4-2)19-12-10-18(11-13-19)25-23(27)17-30-24(28)22-15-14-21(31-22)16-29-20-8-6-5-7-9-20/h5-15H,3-4,16-17H2,1-2H3,(H,25,27). The number of nitrogens with one attached hydrogen (secondary N) is 1. The van der Waals surface area contributed by atoms with E-state index in [1.165, 1.54) is 6.07 Å². The smallest absolute Gasteiger partial charge is 0.374 e. The van der Waals surface area contributed by atoms with Crippen molar-refractivity contribution < 1.29 is 23.5 Å². The van der Waals surface area contributed by atoms with Gasteiger partial charge in [-0.2, -0.15) is 0 Å². The van der Waals surface area contributed by atoms with Crippen LogP contribution < -0.4 is 15.0 Å². The van der Waals surface area contributed by atoms with Crippen LogP contribution in [0.2, 0.25) is 0 Å². The summed E-state index contributed by atoms with van der Waals surface area (Å²) in [4.78, 5) is 26.4. The van der Waals surface area contributed by atoms with Crippen molar-refractivity contribution in [1.29, 1.82) is 0 Å². The summed E-state index contributed by atoms with van der Waals surface area (Å²) in [6.45, 7) is 5.77. The van der Waals surface area contributed by atoms with Gasteiger partial charge in [0.2, 0.25) is 5.76 Å². The highest BCUT2D eigenvalue weighted by atomic mass is 16.6. The first-order valence-corrected chi connectivity index (χ1v) is 10.2. The zero-order valence-corrected chi connectivity index (χ0v) is 17.7. The third-order valence-electron chi connectivity index (χ3n) is 4.60. The number of carbonyl (C=O) groups is 2. The van der Waals surface area contributed by atoms with E-state index in [0.29, 0.717) is 17.2 Å². The van der Waals surface area contributed by atoms with E-state index in [1.54, 1.807) is 6.07 Å². The first kappa shape index (κ1) is 22.0. The van der Waals surface area contributed by atoms with E-state index in [0.717, 1.165) is 18.8 Å². The maximum atomic E-state index is 12.1. The Morgan fingerprint density at radius 3 is 2.32 bits per heavy atom. The summed E-state index contributed by atoms with van der Waals surface area (Å²) in [7, 11) is 0. The van der Waals surface area contributed by atoms with E-state index in [2.05, 4.69) is 24.1 Å². The van der Waals surface area contributed by atoms with Crippen molar-refractivity contribution in [2.45, 2.75) is 20.5 Å². The van der Waals surface area contributed by atoms with E-state index in [-0.39, 0.29) is 12.4 Å². The lowest BCUT2D eigenvalue weighted by atomic mass is 10.2. The average Bonchev–Trinajstić information content (AvgIpc) is 3.28. The summed E-state index contributed by atoms with van der Waals surface area (Å²) >= 11 is 0. The Balaban J connectivity index is 1.45. The molecule has 162 valence electrons. The number of rotatable bonds is 10. The van der Waals surface area contributed by atoms with Crippen molar-refractivity contribution >= 4 is 23.3 Å². The number of ether oxygens (including phenoxy) is 2. The second kappa shape index (κ2) is 10.9. The summed E-state index contributed by atoms with van der Waals surface area (Å²) in [6, 6.07) is 19.9. The summed E-state index contributed by atoms with van der Waals surface area (Å²) in [5.41, 5.74) is 1.72. The molecule has 3 aromatic rings. The van der Waals surface area contributed by atoms with Crippen LogP contribution in [0.5, 0.6) is 5.75 Å². The number of furan rings is 1. The van der Waals surface area contributed by atoms with E-state index in [1.807, 2.05) is 54.6 Å². The van der Waals surface area contributed by atoms with Crippen molar-refractivity contribution in [2.75, 3.05) is 29.9 Å². The van der Waals surface area contributed by atoms with Gasteiger partial charge in [-0.3, -0.25) is 4.79 Å². The lowest BCUT2D eigenvalue weighted by Crippen LogP contribution is -2.22. The molecule has 7 heteroatoms. The van der Waals surface area contributed by atoms with Gasteiger partial charge in [-0.25, -0.2) is 4.79 Å². The first-order valence-electron chi connectivity index (χ1n) is 10.2. The van der Waals surface area contributed by atoms with E-state index < -0.39 is 18.5 Å². The average molecular weight is 422 g/mol. The molecule has 2 aromatic carbocycles. The Morgan fingerprint density at radius 2 is 1.65 bits per heavy atom. The van der Waals surface area contributed by atoms with Crippen molar-refractivity contribution in [2.24, 2.45) is 0 Å². The van der Waals surface area contributed by atoms with Gasteiger partial charge in [0.05, 0.1) is 0 Å². The minimum absolute atomic E-state index is 0.0167. The van der Waals surface area contributed by atoms with Gasteiger partial charge in [-0.15, -0.1) is 0 Å². The zero-order chi connectivity index (χ0) is 22.1. The molecule has 0 radical (unpaired) electrons. The number of anilines is 2. The molecule has 7 nitrogen and oxygen atoms in total. The molecule has 0 bridgehead atoms. The van der Waals surface area contributed by atoms with Crippen molar-refractivity contribution in [3.05, 3.63) is 78.3 Å². The molecule has 0 aliphatic rings. The van der Waals surface area contributed by atoms with Gasteiger partial charge in [0.15, 0.2) is 6.61 Å². The predicted molar refractivity (Wildman–Crippen MR) is 118 cm³/mol. The van der Waals surface area contributed by atoms with E-state index in [9.17, 15) is 9.59 Å². The second-order valence-corrected chi connectivity index (χ2v) is 6.71. The van der Waals surface area contributed by atoms with Crippen LogP contribution in [0.15, 0.2) is 71.1 Å². The highest BCUT2D eigenvalue weighted by molar-refractivity contribution is 5.94.